The number of nitrogens with one attached hydrogen (secondary N) is 2. The third-order valence-electron chi connectivity index (χ3n) is 4.51. The molecule has 2 N–H and O–H groups in total. The van der Waals surface area contributed by atoms with Crippen molar-refractivity contribution in [1.29, 1.82) is 0 Å². The van der Waals surface area contributed by atoms with E-state index in [4.69, 9.17) is 4.74 Å². The van der Waals surface area contributed by atoms with Gasteiger partial charge in [0.05, 0.1) is 6.61 Å². The third-order valence-corrected chi connectivity index (χ3v) is 4.51. The fourth-order valence-corrected chi connectivity index (χ4v) is 3.15. The fraction of sp³-hybridized carbons (Fsp3) is 0.526. The Kier molecular flexibility index (Phi) is 6.22. The van der Waals surface area contributed by atoms with E-state index in [0.717, 1.165) is 30.2 Å². The highest BCUT2D eigenvalue weighted by Gasteiger charge is 2.17. The summed E-state index contributed by atoms with van der Waals surface area (Å²) in [7, 11) is 1.82. The van der Waals surface area contributed by atoms with Crippen LogP contribution in [0.15, 0.2) is 29.7 Å². The molecule has 0 unspecified atom stereocenters. The molecular weight excluding hydrogens is 330 g/mol. The van der Waals surface area contributed by atoms with Crippen LogP contribution in [0.4, 0.5) is 11.8 Å². The Labute approximate surface area is 154 Å². The molecule has 0 amide bonds. The quantitative estimate of drug-likeness (QED) is 0.692. The first kappa shape index (κ1) is 18.4. The van der Waals surface area contributed by atoms with Gasteiger partial charge in [0.25, 0.3) is 0 Å². The van der Waals surface area contributed by atoms with Crippen LogP contribution in [0, 0.1) is 6.92 Å². The normalized spacial score (nSPS) is 17.7. The SMILES string of the molecule is CNc1cc(C)nc(NC2=CCC(=O)C(OCCCN3CCCC3)=C2)n1. The molecule has 0 aromatic carbocycles. The summed E-state index contributed by atoms with van der Waals surface area (Å²) >= 11 is 0. The zero-order valence-corrected chi connectivity index (χ0v) is 15.5. The Hall–Kier alpha value is -2.41. The van der Waals surface area contributed by atoms with Crippen molar-refractivity contribution in [3.8, 4) is 0 Å². The van der Waals surface area contributed by atoms with E-state index in [0.29, 0.717) is 24.7 Å². The Morgan fingerprint density at radius 2 is 2.08 bits per heavy atom. The number of aromatic nitrogens is 2. The van der Waals surface area contributed by atoms with Gasteiger partial charge in [-0.3, -0.25) is 4.79 Å². The number of allylic oxidation sites excluding steroid dienone is 3. The van der Waals surface area contributed by atoms with Crippen LogP contribution in [-0.4, -0.2) is 53.9 Å². The smallest absolute Gasteiger partial charge is 0.229 e. The maximum atomic E-state index is 12.1. The first-order valence-electron chi connectivity index (χ1n) is 9.25. The van der Waals surface area contributed by atoms with Gasteiger partial charge in [-0.1, -0.05) is 6.08 Å². The number of aryl methyl sites for hydroxylation is 1. The second-order valence-corrected chi connectivity index (χ2v) is 6.64. The van der Waals surface area contributed by atoms with Crippen LogP contribution >= 0.6 is 0 Å². The van der Waals surface area contributed by atoms with Gasteiger partial charge in [-0.25, -0.2) is 4.98 Å². The van der Waals surface area contributed by atoms with Crippen molar-refractivity contribution in [3.05, 3.63) is 35.4 Å². The van der Waals surface area contributed by atoms with Gasteiger partial charge in [0, 0.05) is 43.5 Å². The van der Waals surface area contributed by atoms with Crippen LogP contribution in [0.5, 0.6) is 0 Å². The van der Waals surface area contributed by atoms with Crippen LogP contribution in [0.2, 0.25) is 0 Å². The minimum Gasteiger partial charge on any atom is -0.490 e. The van der Waals surface area contributed by atoms with Crippen molar-refractivity contribution >= 4 is 17.5 Å². The van der Waals surface area contributed by atoms with E-state index in [1.807, 2.05) is 26.1 Å². The number of likely N-dealkylation sites (tertiary alicyclic amines) is 1. The predicted molar refractivity (Wildman–Crippen MR) is 102 cm³/mol. The average molecular weight is 357 g/mol. The molecule has 0 saturated carbocycles. The van der Waals surface area contributed by atoms with Crippen LogP contribution in [0.25, 0.3) is 0 Å². The van der Waals surface area contributed by atoms with Crippen molar-refractivity contribution in [1.82, 2.24) is 14.9 Å². The van der Waals surface area contributed by atoms with E-state index in [-0.39, 0.29) is 5.78 Å². The van der Waals surface area contributed by atoms with Crippen molar-refractivity contribution < 1.29 is 9.53 Å². The minimum absolute atomic E-state index is 0.0118. The van der Waals surface area contributed by atoms with Crippen LogP contribution in [-0.2, 0) is 9.53 Å². The van der Waals surface area contributed by atoms with Gasteiger partial charge in [-0.15, -0.1) is 0 Å². The summed E-state index contributed by atoms with van der Waals surface area (Å²) in [5.41, 5.74) is 1.65. The van der Waals surface area contributed by atoms with Crippen molar-refractivity contribution in [2.45, 2.75) is 32.6 Å². The van der Waals surface area contributed by atoms with Gasteiger partial charge in [0.1, 0.15) is 5.82 Å². The Morgan fingerprint density at radius 3 is 2.85 bits per heavy atom. The second-order valence-electron chi connectivity index (χ2n) is 6.64. The predicted octanol–water partition coefficient (Wildman–Crippen LogP) is 2.48. The number of Topliss-reactive ketones (excluding diaryl/α,β-unsaturated/α-hetero) is 1. The molecule has 1 aliphatic heterocycles. The molecule has 1 aromatic heterocycles. The van der Waals surface area contributed by atoms with Gasteiger partial charge >= 0.3 is 0 Å². The molecule has 1 saturated heterocycles. The molecule has 7 nitrogen and oxygen atoms in total. The molecule has 3 rings (SSSR count). The molecule has 2 aliphatic rings. The molecule has 1 aliphatic carbocycles. The van der Waals surface area contributed by atoms with Crippen LogP contribution < -0.4 is 10.6 Å². The first-order chi connectivity index (χ1) is 12.6. The fourth-order valence-electron chi connectivity index (χ4n) is 3.15. The van der Waals surface area contributed by atoms with Gasteiger partial charge in [0.2, 0.25) is 11.7 Å². The van der Waals surface area contributed by atoms with Crippen LogP contribution in [0.1, 0.15) is 31.4 Å². The standard InChI is InChI=1S/C19H27N5O2/c1-14-12-18(20-2)23-19(21-14)22-15-6-7-16(25)17(13-15)26-11-5-10-24-8-3-4-9-24/h6,12-13H,3-5,7-11H2,1-2H3,(H2,20,21,22,23). The Balaban J connectivity index is 1.55. The summed E-state index contributed by atoms with van der Waals surface area (Å²) in [5.74, 6) is 1.67. The maximum Gasteiger partial charge on any atom is 0.229 e. The van der Waals surface area contributed by atoms with E-state index in [9.17, 15) is 4.79 Å². The lowest BCUT2D eigenvalue weighted by molar-refractivity contribution is -0.118. The van der Waals surface area contributed by atoms with E-state index >= 15 is 0 Å². The van der Waals surface area contributed by atoms with E-state index < -0.39 is 0 Å². The highest BCUT2D eigenvalue weighted by molar-refractivity contribution is 5.96. The highest BCUT2D eigenvalue weighted by Crippen LogP contribution is 2.18. The number of ketones is 1. The van der Waals surface area contributed by atoms with Gasteiger partial charge < -0.3 is 20.3 Å². The Bertz CT molecular complexity index is 708. The summed E-state index contributed by atoms with van der Waals surface area (Å²) in [6.07, 6.45) is 7.42. The number of hydrogen-bond acceptors (Lipinski definition) is 7. The number of nitrogens with zero attached hydrogens (tertiary/aromatic N) is 3. The Morgan fingerprint density at radius 1 is 1.27 bits per heavy atom. The number of rotatable bonds is 8. The molecule has 1 aromatic rings. The molecule has 0 radical (unpaired) electrons. The molecule has 0 atom stereocenters. The van der Waals surface area contributed by atoms with Crippen molar-refractivity contribution in [2.75, 3.05) is 43.9 Å². The maximum absolute atomic E-state index is 12.1. The molecule has 140 valence electrons. The molecular formula is C19H27N5O2. The zero-order chi connectivity index (χ0) is 18.4. The second kappa shape index (κ2) is 8.80. The monoisotopic (exact) mass is 357 g/mol. The number of carbonyl (C=O) groups is 1. The third kappa shape index (κ3) is 5.05. The molecule has 1 fully saturated rings. The van der Waals surface area contributed by atoms with Gasteiger partial charge in [-0.05, 0) is 39.3 Å². The largest absolute Gasteiger partial charge is 0.490 e. The van der Waals surface area contributed by atoms with Crippen LogP contribution in [0.3, 0.4) is 0 Å². The van der Waals surface area contributed by atoms with Crippen molar-refractivity contribution in [2.24, 2.45) is 0 Å². The molecule has 0 spiro atoms. The highest BCUT2D eigenvalue weighted by atomic mass is 16.5. The average Bonchev–Trinajstić information content (AvgIpc) is 3.14. The number of hydrogen-bond donors (Lipinski definition) is 2. The summed E-state index contributed by atoms with van der Waals surface area (Å²) in [6.45, 7) is 5.88. The van der Waals surface area contributed by atoms with Gasteiger partial charge in [-0.2, -0.15) is 4.98 Å². The number of anilines is 2. The topological polar surface area (TPSA) is 79.4 Å². The van der Waals surface area contributed by atoms with E-state index in [2.05, 4.69) is 25.5 Å². The molecule has 26 heavy (non-hydrogen) atoms. The number of ether oxygens (including phenoxy) is 1. The lowest BCUT2D eigenvalue weighted by atomic mass is 10.1. The summed E-state index contributed by atoms with van der Waals surface area (Å²) in [5, 5.41) is 6.17. The molecule has 2 heterocycles. The summed E-state index contributed by atoms with van der Waals surface area (Å²) in [6, 6.07) is 1.87. The lowest BCUT2D eigenvalue weighted by Gasteiger charge is -2.17. The first-order valence-corrected chi connectivity index (χ1v) is 9.25. The molecule has 0 bridgehead atoms. The summed E-state index contributed by atoms with van der Waals surface area (Å²) in [4.78, 5) is 23.3. The van der Waals surface area contributed by atoms with E-state index in [1.165, 1.54) is 25.9 Å². The van der Waals surface area contributed by atoms with Crippen molar-refractivity contribution in [3.63, 3.8) is 0 Å². The van der Waals surface area contributed by atoms with E-state index in [1.54, 1.807) is 6.08 Å². The summed E-state index contributed by atoms with van der Waals surface area (Å²) < 4.78 is 5.74. The lowest BCUT2D eigenvalue weighted by Crippen LogP contribution is -2.22. The van der Waals surface area contributed by atoms with Gasteiger partial charge in [0.15, 0.2) is 5.76 Å². The zero-order valence-electron chi connectivity index (χ0n) is 15.5. The minimum atomic E-state index is 0.0118. The number of carbonyl (C=O) groups excluding carboxylic acids is 1. The molecule has 7 heteroatoms.